The molecule has 3 heteroatoms. The molecule has 2 aromatic carbocycles. The number of aryl methyl sites for hydroxylation is 3. The van der Waals surface area contributed by atoms with Crippen molar-refractivity contribution in [3.8, 4) is 0 Å². The smallest absolute Gasteiger partial charge is 0.237 e. The maximum absolute atomic E-state index is 12.2. The first-order chi connectivity index (χ1) is 9.95. The molecule has 0 bridgehead atoms. The van der Waals surface area contributed by atoms with E-state index in [1.807, 2.05) is 38.1 Å². The fourth-order valence-electron chi connectivity index (χ4n) is 1.93. The van der Waals surface area contributed by atoms with Crippen molar-refractivity contribution in [3.63, 3.8) is 0 Å². The van der Waals surface area contributed by atoms with Crippen LogP contribution in [0, 0.1) is 20.8 Å². The normalized spacial score (nSPS) is 12.0. The monoisotopic (exact) mass is 299 g/mol. The molecule has 0 spiro atoms. The average molecular weight is 299 g/mol. The van der Waals surface area contributed by atoms with Crippen molar-refractivity contribution in [2.75, 3.05) is 5.32 Å². The maximum Gasteiger partial charge on any atom is 0.237 e. The van der Waals surface area contributed by atoms with Gasteiger partial charge >= 0.3 is 0 Å². The lowest BCUT2D eigenvalue weighted by molar-refractivity contribution is -0.115. The van der Waals surface area contributed by atoms with E-state index in [1.54, 1.807) is 11.8 Å². The zero-order valence-corrected chi connectivity index (χ0v) is 13.8. The van der Waals surface area contributed by atoms with Gasteiger partial charge in [0.2, 0.25) is 5.91 Å². The van der Waals surface area contributed by atoms with E-state index in [0.717, 1.165) is 10.6 Å². The first-order valence-electron chi connectivity index (χ1n) is 7.07. The van der Waals surface area contributed by atoms with Gasteiger partial charge in [0.1, 0.15) is 0 Å². The molecule has 0 aliphatic heterocycles. The first-order valence-corrected chi connectivity index (χ1v) is 7.95. The summed E-state index contributed by atoms with van der Waals surface area (Å²) in [4.78, 5) is 13.4. The molecule has 2 rings (SSSR count). The number of hydrogen-bond donors (Lipinski definition) is 1. The second-order valence-corrected chi connectivity index (χ2v) is 6.78. The number of amides is 1. The number of carbonyl (C=O) groups is 1. The number of benzene rings is 2. The average Bonchev–Trinajstić information content (AvgIpc) is 2.45. The molecule has 0 radical (unpaired) electrons. The fraction of sp³-hybridized carbons (Fsp3) is 0.278. The molecule has 2 nitrogen and oxygen atoms in total. The zero-order chi connectivity index (χ0) is 15.4. The minimum atomic E-state index is -0.131. The quantitative estimate of drug-likeness (QED) is 0.827. The number of hydrogen-bond acceptors (Lipinski definition) is 2. The van der Waals surface area contributed by atoms with Crippen LogP contribution in [-0.4, -0.2) is 11.2 Å². The number of carbonyl (C=O) groups excluding carboxylic acids is 1. The Morgan fingerprint density at radius 3 is 2.29 bits per heavy atom. The van der Waals surface area contributed by atoms with Crippen molar-refractivity contribution in [1.29, 1.82) is 0 Å². The Balaban J connectivity index is 1.98. The highest BCUT2D eigenvalue weighted by molar-refractivity contribution is 8.00. The van der Waals surface area contributed by atoms with E-state index < -0.39 is 0 Å². The second-order valence-electron chi connectivity index (χ2n) is 5.36. The molecule has 0 saturated carbocycles. The molecule has 21 heavy (non-hydrogen) atoms. The van der Waals surface area contributed by atoms with Crippen LogP contribution in [0.1, 0.15) is 23.6 Å². The second kappa shape index (κ2) is 6.81. The number of anilines is 1. The molecule has 0 aliphatic carbocycles. The molecular weight excluding hydrogens is 278 g/mol. The highest BCUT2D eigenvalue weighted by Gasteiger charge is 2.14. The van der Waals surface area contributed by atoms with Crippen molar-refractivity contribution >= 4 is 23.4 Å². The third-order valence-electron chi connectivity index (χ3n) is 3.48. The predicted molar refractivity (Wildman–Crippen MR) is 91.0 cm³/mol. The molecule has 0 aromatic heterocycles. The van der Waals surface area contributed by atoms with Crippen LogP contribution in [0.2, 0.25) is 0 Å². The molecule has 0 saturated heterocycles. The molecule has 0 heterocycles. The number of thioether (sulfide) groups is 1. The molecule has 1 amide bonds. The molecular formula is C18H21NOS. The summed E-state index contributed by atoms with van der Waals surface area (Å²) in [6.07, 6.45) is 0. The van der Waals surface area contributed by atoms with E-state index >= 15 is 0 Å². The van der Waals surface area contributed by atoms with E-state index in [2.05, 4.69) is 37.4 Å². The minimum Gasteiger partial charge on any atom is -0.325 e. The lowest BCUT2D eigenvalue weighted by Crippen LogP contribution is -2.22. The summed E-state index contributed by atoms with van der Waals surface area (Å²) in [5.74, 6) is 0.0297. The van der Waals surface area contributed by atoms with E-state index in [0.29, 0.717) is 0 Å². The lowest BCUT2D eigenvalue weighted by atomic mass is 10.1. The van der Waals surface area contributed by atoms with Crippen molar-refractivity contribution in [2.24, 2.45) is 0 Å². The van der Waals surface area contributed by atoms with Crippen LogP contribution in [0.15, 0.2) is 47.4 Å². The van der Waals surface area contributed by atoms with Crippen LogP contribution >= 0.6 is 11.8 Å². The Bertz CT molecular complexity index is 634. The first kappa shape index (κ1) is 15.6. The minimum absolute atomic E-state index is 0.0297. The van der Waals surface area contributed by atoms with Gasteiger partial charge in [0.15, 0.2) is 0 Å². The van der Waals surface area contributed by atoms with E-state index in [-0.39, 0.29) is 11.2 Å². The SMILES string of the molecule is Cc1ccc(NC(=O)C(C)Sc2ccc(C)c(C)c2)cc1. The molecule has 110 valence electrons. The lowest BCUT2D eigenvalue weighted by Gasteiger charge is -2.13. The van der Waals surface area contributed by atoms with Crippen LogP contribution < -0.4 is 5.32 Å². The van der Waals surface area contributed by atoms with Crippen molar-refractivity contribution < 1.29 is 4.79 Å². The largest absolute Gasteiger partial charge is 0.325 e. The van der Waals surface area contributed by atoms with Gasteiger partial charge < -0.3 is 5.32 Å². The molecule has 1 atom stereocenters. The summed E-state index contributed by atoms with van der Waals surface area (Å²) in [5.41, 5.74) is 4.56. The van der Waals surface area contributed by atoms with Gasteiger partial charge in [-0.1, -0.05) is 23.8 Å². The van der Waals surface area contributed by atoms with Crippen LogP contribution in [0.25, 0.3) is 0 Å². The maximum atomic E-state index is 12.2. The Morgan fingerprint density at radius 2 is 1.67 bits per heavy atom. The summed E-state index contributed by atoms with van der Waals surface area (Å²) in [7, 11) is 0. The predicted octanol–water partition coefficient (Wildman–Crippen LogP) is 4.73. The molecule has 2 aromatic rings. The van der Waals surface area contributed by atoms with Crippen LogP contribution in [0.5, 0.6) is 0 Å². The van der Waals surface area contributed by atoms with Crippen molar-refractivity contribution in [1.82, 2.24) is 0 Å². The summed E-state index contributed by atoms with van der Waals surface area (Å²) in [5, 5.41) is 2.82. The molecule has 1 unspecified atom stereocenters. The Kier molecular flexibility index (Phi) is 5.07. The zero-order valence-electron chi connectivity index (χ0n) is 12.9. The van der Waals surface area contributed by atoms with Crippen LogP contribution in [0.4, 0.5) is 5.69 Å². The molecule has 0 aliphatic rings. The molecule has 0 fully saturated rings. The fourth-order valence-corrected chi connectivity index (χ4v) is 2.89. The van der Waals surface area contributed by atoms with Gasteiger partial charge in [-0.2, -0.15) is 0 Å². The van der Waals surface area contributed by atoms with E-state index in [9.17, 15) is 4.79 Å². The van der Waals surface area contributed by atoms with Gasteiger partial charge in [0.05, 0.1) is 5.25 Å². The summed E-state index contributed by atoms with van der Waals surface area (Å²) in [6.45, 7) is 8.15. The summed E-state index contributed by atoms with van der Waals surface area (Å²) in [6, 6.07) is 14.2. The van der Waals surface area contributed by atoms with Gasteiger partial charge in [-0.15, -0.1) is 11.8 Å². The summed E-state index contributed by atoms with van der Waals surface area (Å²) < 4.78 is 0. The van der Waals surface area contributed by atoms with Gasteiger partial charge in [0.25, 0.3) is 0 Å². The highest BCUT2D eigenvalue weighted by Crippen LogP contribution is 2.26. The van der Waals surface area contributed by atoms with E-state index in [4.69, 9.17) is 0 Å². The van der Waals surface area contributed by atoms with Gasteiger partial charge in [-0.25, -0.2) is 0 Å². The van der Waals surface area contributed by atoms with Gasteiger partial charge in [0, 0.05) is 10.6 Å². The summed E-state index contributed by atoms with van der Waals surface area (Å²) >= 11 is 1.58. The van der Waals surface area contributed by atoms with Gasteiger partial charge in [-0.3, -0.25) is 4.79 Å². The van der Waals surface area contributed by atoms with Crippen LogP contribution in [-0.2, 0) is 4.79 Å². The molecule has 1 N–H and O–H groups in total. The number of nitrogens with one attached hydrogen (secondary N) is 1. The van der Waals surface area contributed by atoms with Gasteiger partial charge in [-0.05, 0) is 63.1 Å². The topological polar surface area (TPSA) is 29.1 Å². The Labute approximate surface area is 131 Å². The Morgan fingerprint density at radius 1 is 1.00 bits per heavy atom. The van der Waals surface area contributed by atoms with Crippen molar-refractivity contribution in [3.05, 3.63) is 59.2 Å². The van der Waals surface area contributed by atoms with Crippen LogP contribution in [0.3, 0.4) is 0 Å². The third-order valence-corrected chi connectivity index (χ3v) is 4.57. The Hall–Kier alpha value is -1.74. The highest BCUT2D eigenvalue weighted by atomic mass is 32.2. The standard InChI is InChI=1S/C18H21NOS/c1-12-5-8-16(9-6-12)19-18(20)15(4)21-17-10-7-13(2)14(3)11-17/h5-11,15H,1-4H3,(H,19,20). The van der Waals surface area contributed by atoms with E-state index in [1.165, 1.54) is 16.7 Å². The third kappa shape index (κ3) is 4.36. The van der Waals surface area contributed by atoms with Crippen molar-refractivity contribution in [2.45, 2.75) is 37.8 Å². The number of rotatable bonds is 4.